The molecule has 9 nitrogen and oxygen atoms in total. The van der Waals surface area contributed by atoms with Crippen molar-refractivity contribution in [3.8, 4) is 5.75 Å². The van der Waals surface area contributed by atoms with Crippen LogP contribution in [0.25, 0.3) is 0 Å². The van der Waals surface area contributed by atoms with E-state index in [0.29, 0.717) is 46.5 Å². The summed E-state index contributed by atoms with van der Waals surface area (Å²) in [5.74, 6) is 2.42. The third-order valence-electron chi connectivity index (χ3n) is 8.47. The number of hydrogen-bond donors (Lipinski definition) is 2. The molecular weight excluding hydrogens is 554 g/mol. The summed E-state index contributed by atoms with van der Waals surface area (Å²) in [6.07, 6.45) is 6.16. The van der Waals surface area contributed by atoms with Gasteiger partial charge in [0, 0.05) is 67.4 Å². The number of amides is 2. The number of ether oxygens (including phenoxy) is 2. The molecule has 0 unspecified atom stereocenters. The third kappa shape index (κ3) is 5.95. The molecule has 10 heteroatoms. The van der Waals surface area contributed by atoms with Gasteiger partial charge in [0.1, 0.15) is 29.2 Å². The Labute approximate surface area is 251 Å². The lowest BCUT2D eigenvalue weighted by Gasteiger charge is -2.34. The number of allylic oxidation sites excluding steroid dienone is 4. The zero-order valence-electron chi connectivity index (χ0n) is 24.0. The van der Waals surface area contributed by atoms with Gasteiger partial charge in [0.05, 0.1) is 6.04 Å². The second kappa shape index (κ2) is 11.9. The van der Waals surface area contributed by atoms with E-state index in [1.54, 1.807) is 18.3 Å². The molecule has 4 aliphatic rings. The number of likely N-dealkylation sites (N-methyl/N-ethyl adjacent to an activating group) is 1. The monoisotopic (exact) mass is 589 g/mol. The van der Waals surface area contributed by atoms with Gasteiger partial charge in [0.15, 0.2) is 0 Å². The van der Waals surface area contributed by atoms with Gasteiger partial charge in [-0.05, 0) is 61.4 Å². The number of halogens is 1. The summed E-state index contributed by atoms with van der Waals surface area (Å²) in [7, 11) is 0. The fourth-order valence-corrected chi connectivity index (χ4v) is 6.10. The van der Waals surface area contributed by atoms with Gasteiger partial charge < -0.3 is 25.0 Å². The van der Waals surface area contributed by atoms with Crippen LogP contribution in [0.1, 0.15) is 41.8 Å². The van der Waals surface area contributed by atoms with Crippen molar-refractivity contribution in [2.75, 3.05) is 38.0 Å². The van der Waals surface area contributed by atoms with Crippen LogP contribution in [0.15, 0.2) is 66.3 Å². The van der Waals surface area contributed by atoms with Gasteiger partial charge in [-0.15, -0.1) is 0 Å². The highest BCUT2D eigenvalue weighted by molar-refractivity contribution is 6.31. The maximum Gasteiger partial charge on any atom is 0.251 e. The first-order valence-electron chi connectivity index (χ1n) is 14.5. The van der Waals surface area contributed by atoms with Crippen molar-refractivity contribution in [1.82, 2.24) is 20.1 Å². The van der Waals surface area contributed by atoms with Crippen LogP contribution in [0, 0.1) is 5.92 Å². The number of hydrogen-bond acceptors (Lipinski definition) is 7. The fourth-order valence-electron chi connectivity index (χ4n) is 5.86. The van der Waals surface area contributed by atoms with Crippen LogP contribution >= 0.6 is 11.6 Å². The van der Waals surface area contributed by atoms with Crippen molar-refractivity contribution in [3.05, 3.63) is 88.0 Å². The van der Waals surface area contributed by atoms with Crippen LogP contribution in [0.2, 0.25) is 5.02 Å². The lowest BCUT2D eigenvalue weighted by Crippen LogP contribution is -2.45. The van der Waals surface area contributed by atoms with Gasteiger partial charge in [0.25, 0.3) is 5.91 Å². The Bertz CT molecular complexity index is 1480. The van der Waals surface area contributed by atoms with E-state index in [4.69, 9.17) is 21.1 Å². The SMILES string of the molecule is C=C1/C(=C\C=C(/C)Oc2ccnc3c2CCC(=O)N3)O[C@@H]2[C@@H](NC(=O)c3ccc(CN4CCN(CC)CC4)c(Cl)c3)[C@H]12. The molecule has 4 heterocycles. The van der Waals surface area contributed by atoms with E-state index in [1.807, 2.05) is 31.2 Å². The molecular formula is C32H36ClN5O4. The van der Waals surface area contributed by atoms with E-state index in [1.165, 1.54) is 0 Å². The zero-order valence-corrected chi connectivity index (χ0v) is 24.7. The van der Waals surface area contributed by atoms with Crippen LogP contribution < -0.4 is 15.4 Å². The Kier molecular flexibility index (Phi) is 8.07. The molecule has 0 radical (unpaired) electrons. The minimum Gasteiger partial charge on any atom is -0.487 e. The quantitative estimate of drug-likeness (QED) is 0.443. The van der Waals surface area contributed by atoms with Crippen LogP contribution in [-0.4, -0.2) is 71.5 Å². The van der Waals surface area contributed by atoms with Gasteiger partial charge in [0.2, 0.25) is 5.91 Å². The van der Waals surface area contributed by atoms with Crippen LogP contribution in [0.5, 0.6) is 5.75 Å². The molecule has 2 amide bonds. The number of rotatable bonds is 8. The number of piperazine rings is 1. The standard InChI is InChI=1S/C32H36ClN5O4/c1-4-37-13-15-38(16-14-37)18-22-7-6-21(17-24(22)33)32(40)36-29-28-20(3)25(42-30(28)29)9-5-19(2)41-26-11-12-34-31-23(26)8-10-27(39)35-31/h5-7,9,11-12,17,28-30H,3-4,8,10,13-16,18H2,1-2H3,(H,36,40)(H,34,35,39)/b19-5+,25-9+/t28-,29-,30-/m0/s1. The highest BCUT2D eigenvalue weighted by atomic mass is 35.5. The minimum absolute atomic E-state index is 0.0390. The summed E-state index contributed by atoms with van der Waals surface area (Å²) in [5, 5.41) is 6.49. The fraction of sp³-hybridized carbons (Fsp3) is 0.406. The first-order valence-corrected chi connectivity index (χ1v) is 14.9. The normalized spacial score (nSPS) is 25.0. The summed E-state index contributed by atoms with van der Waals surface area (Å²) < 4.78 is 12.1. The summed E-state index contributed by atoms with van der Waals surface area (Å²) >= 11 is 6.59. The minimum atomic E-state index is -0.164. The lowest BCUT2D eigenvalue weighted by atomic mass is 10.1. The maximum atomic E-state index is 13.0. The average molecular weight is 590 g/mol. The van der Waals surface area contributed by atoms with Crippen molar-refractivity contribution in [1.29, 1.82) is 0 Å². The van der Waals surface area contributed by atoms with Crippen molar-refractivity contribution in [2.24, 2.45) is 5.92 Å². The number of benzene rings is 1. The highest BCUT2D eigenvalue weighted by Gasteiger charge is 2.60. The van der Waals surface area contributed by atoms with Crippen LogP contribution in [0.4, 0.5) is 5.82 Å². The molecule has 0 bridgehead atoms. The number of anilines is 1. The number of carbonyl (C=O) groups is 2. The predicted octanol–water partition coefficient (Wildman–Crippen LogP) is 4.31. The molecule has 3 atom stereocenters. The van der Waals surface area contributed by atoms with Gasteiger partial charge in [-0.2, -0.15) is 0 Å². The molecule has 2 saturated heterocycles. The number of nitrogens with zero attached hydrogens (tertiary/aromatic N) is 3. The Balaban J connectivity index is 1.01. The van der Waals surface area contributed by atoms with Crippen molar-refractivity contribution in [2.45, 2.75) is 45.4 Å². The Morgan fingerprint density at radius 2 is 2.02 bits per heavy atom. The summed E-state index contributed by atoms with van der Waals surface area (Å²) in [4.78, 5) is 33.8. The largest absolute Gasteiger partial charge is 0.487 e. The third-order valence-corrected chi connectivity index (χ3v) is 8.82. The van der Waals surface area contributed by atoms with Gasteiger partial charge in [-0.1, -0.05) is 31.2 Å². The number of aromatic nitrogens is 1. The Morgan fingerprint density at radius 1 is 1.24 bits per heavy atom. The predicted molar refractivity (Wildman–Crippen MR) is 161 cm³/mol. The number of fused-ring (bicyclic) bond motifs is 2. The first-order chi connectivity index (χ1) is 20.3. The topological polar surface area (TPSA) is 96.0 Å². The van der Waals surface area contributed by atoms with E-state index < -0.39 is 0 Å². The summed E-state index contributed by atoms with van der Waals surface area (Å²) in [6, 6.07) is 7.25. The van der Waals surface area contributed by atoms with Crippen LogP contribution in [0.3, 0.4) is 0 Å². The number of pyridine rings is 1. The maximum absolute atomic E-state index is 13.0. The second-order valence-electron chi connectivity index (χ2n) is 11.2. The number of nitrogens with one attached hydrogen (secondary N) is 2. The first kappa shape index (κ1) is 28.5. The van der Waals surface area contributed by atoms with E-state index in [-0.39, 0.29) is 29.9 Å². The highest BCUT2D eigenvalue weighted by Crippen LogP contribution is 2.51. The molecule has 0 spiro atoms. The lowest BCUT2D eigenvalue weighted by molar-refractivity contribution is -0.116. The molecule has 3 fully saturated rings. The molecule has 220 valence electrons. The molecule has 2 N–H and O–H groups in total. The summed E-state index contributed by atoms with van der Waals surface area (Å²) in [5.41, 5.74) is 3.32. The average Bonchev–Trinajstić information content (AvgIpc) is 3.55. The van der Waals surface area contributed by atoms with Gasteiger partial charge in [-0.3, -0.25) is 14.5 Å². The number of carbonyl (C=O) groups excluding carboxylic acids is 2. The zero-order chi connectivity index (χ0) is 29.4. The van der Waals surface area contributed by atoms with Crippen LogP contribution in [-0.2, 0) is 22.5 Å². The van der Waals surface area contributed by atoms with E-state index >= 15 is 0 Å². The molecule has 6 rings (SSSR count). The molecule has 1 aromatic heterocycles. The van der Waals surface area contributed by atoms with E-state index in [0.717, 1.165) is 56.0 Å². The van der Waals surface area contributed by atoms with Crippen molar-refractivity contribution in [3.63, 3.8) is 0 Å². The Morgan fingerprint density at radius 3 is 2.74 bits per heavy atom. The van der Waals surface area contributed by atoms with Crippen molar-refractivity contribution < 1.29 is 19.1 Å². The molecule has 2 aromatic rings. The Hall–Kier alpha value is -3.66. The molecule has 1 saturated carbocycles. The smallest absolute Gasteiger partial charge is 0.251 e. The summed E-state index contributed by atoms with van der Waals surface area (Å²) in [6.45, 7) is 14.3. The van der Waals surface area contributed by atoms with Gasteiger partial charge in [-0.25, -0.2) is 4.98 Å². The second-order valence-corrected chi connectivity index (χ2v) is 11.7. The molecule has 3 aliphatic heterocycles. The van der Waals surface area contributed by atoms with E-state index in [2.05, 4.69) is 38.9 Å². The molecule has 1 aliphatic carbocycles. The molecule has 1 aromatic carbocycles. The van der Waals surface area contributed by atoms with Gasteiger partial charge >= 0.3 is 0 Å². The van der Waals surface area contributed by atoms with Crippen molar-refractivity contribution >= 4 is 29.2 Å². The molecule has 42 heavy (non-hydrogen) atoms. The van der Waals surface area contributed by atoms with E-state index in [9.17, 15) is 9.59 Å².